The first kappa shape index (κ1) is 13.2. The molecule has 0 bridgehead atoms. The first-order valence-corrected chi connectivity index (χ1v) is 7.83. The average molecular weight is 255 g/mol. The zero-order valence-corrected chi connectivity index (χ0v) is 12.1. The van der Waals surface area contributed by atoms with Crippen molar-refractivity contribution in [2.75, 3.05) is 31.9 Å². The fourth-order valence-electron chi connectivity index (χ4n) is 2.39. The van der Waals surface area contributed by atoms with Gasteiger partial charge in [-0.1, -0.05) is 25.6 Å². The first-order chi connectivity index (χ1) is 8.19. The van der Waals surface area contributed by atoms with Crippen LogP contribution >= 0.6 is 11.8 Å². The fourth-order valence-corrected chi connectivity index (χ4v) is 3.53. The van der Waals surface area contributed by atoms with Crippen LogP contribution in [0.5, 0.6) is 0 Å². The van der Waals surface area contributed by atoms with E-state index in [2.05, 4.69) is 31.0 Å². The highest BCUT2D eigenvalue weighted by atomic mass is 32.2. The number of thioether (sulfide) groups is 1. The number of amidine groups is 1. The molecular weight excluding hydrogens is 230 g/mol. The molecule has 0 aromatic heterocycles. The molecule has 1 N–H and O–H groups in total. The van der Waals surface area contributed by atoms with E-state index in [1.54, 1.807) is 0 Å². The number of hydrogen-bond acceptors (Lipinski definition) is 3. The molecule has 0 radical (unpaired) electrons. The lowest BCUT2D eigenvalue weighted by Gasteiger charge is -2.28. The Morgan fingerprint density at radius 3 is 2.94 bits per heavy atom. The van der Waals surface area contributed by atoms with Crippen molar-refractivity contribution >= 4 is 16.9 Å². The second kappa shape index (κ2) is 6.10. The minimum Gasteiger partial charge on any atom is -0.362 e. The van der Waals surface area contributed by atoms with Crippen LogP contribution in [-0.4, -0.2) is 48.0 Å². The minimum absolute atomic E-state index is 0.575. The number of hydrogen-bond donors (Lipinski definition) is 1. The predicted octanol–water partition coefficient (Wildman–Crippen LogP) is 2.05. The molecule has 0 aliphatic carbocycles. The highest BCUT2D eigenvalue weighted by Crippen LogP contribution is 2.21. The number of nitrogens with zero attached hydrogens (tertiary/aromatic N) is 2. The predicted molar refractivity (Wildman–Crippen MR) is 76.7 cm³/mol. The summed E-state index contributed by atoms with van der Waals surface area (Å²) >= 11 is 1.89. The Balaban J connectivity index is 1.77. The van der Waals surface area contributed by atoms with Gasteiger partial charge in [0, 0.05) is 24.9 Å². The van der Waals surface area contributed by atoms with Gasteiger partial charge in [-0.05, 0) is 38.3 Å². The van der Waals surface area contributed by atoms with Gasteiger partial charge >= 0.3 is 0 Å². The molecule has 0 saturated carbocycles. The molecule has 0 aromatic rings. The third-order valence-corrected chi connectivity index (χ3v) is 5.21. The van der Waals surface area contributed by atoms with E-state index in [4.69, 9.17) is 4.99 Å². The third-order valence-electron chi connectivity index (χ3n) is 4.00. The standard InChI is InChI=1S/C13H25N3S/c1-4-16-6-5-12(8-16)7-14-13-15-11(3)10(2)9-17-13/h10-12H,4-9H2,1-3H3,(H,14,15). The van der Waals surface area contributed by atoms with Gasteiger partial charge in [0.25, 0.3) is 0 Å². The van der Waals surface area contributed by atoms with Crippen molar-refractivity contribution in [1.29, 1.82) is 0 Å². The van der Waals surface area contributed by atoms with Gasteiger partial charge in [0.15, 0.2) is 5.17 Å². The molecule has 98 valence electrons. The smallest absolute Gasteiger partial charge is 0.156 e. The highest BCUT2D eigenvalue weighted by molar-refractivity contribution is 8.13. The molecular formula is C13H25N3S. The molecule has 2 heterocycles. The summed E-state index contributed by atoms with van der Waals surface area (Å²) in [7, 11) is 0. The van der Waals surface area contributed by atoms with E-state index in [9.17, 15) is 0 Å². The molecule has 2 aliphatic rings. The van der Waals surface area contributed by atoms with Crippen LogP contribution in [0.25, 0.3) is 0 Å². The Kier molecular flexibility index (Phi) is 4.74. The van der Waals surface area contributed by atoms with Crippen molar-refractivity contribution in [3.05, 3.63) is 0 Å². The number of nitrogens with one attached hydrogen (secondary N) is 1. The largest absolute Gasteiger partial charge is 0.362 e. The Morgan fingerprint density at radius 2 is 2.29 bits per heavy atom. The molecule has 2 saturated heterocycles. The van der Waals surface area contributed by atoms with Crippen LogP contribution in [0.3, 0.4) is 0 Å². The molecule has 17 heavy (non-hydrogen) atoms. The average Bonchev–Trinajstić information content (AvgIpc) is 2.79. The van der Waals surface area contributed by atoms with Crippen molar-refractivity contribution < 1.29 is 0 Å². The van der Waals surface area contributed by atoms with Crippen molar-refractivity contribution in [1.82, 2.24) is 10.2 Å². The van der Waals surface area contributed by atoms with Crippen LogP contribution in [0.4, 0.5) is 0 Å². The van der Waals surface area contributed by atoms with Crippen LogP contribution in [0.2, 0.25) is 0 Å². The molecule has 3 nitrogen and oxygen atoms in total. The van der Waals surface area contributed by atoms with Crippen LogP contribution in [0, 0.1) is 11.8 Å². The molecule has 0 aromatic carbocycles. The van der Waals surface area contributed by atoms with E-state index in [0.717, 1.165) is 18.4 Å². The van der Waals surface area contributed by atoms with Gasteiger partial charge in [0.1, 0.15) is 0 Å². The summed E-state index contributed by atoms with van der Waals surface area (Å²) in [4.78, 5) is 7.29. The summed E-state index contributed by atoms with van der Waals surface area (Å²) in [6.07, 6.45) is 1.32. The van der Waals surface area contributed by atoms with Gasteiger partial charge < -0.3 is 10.2 Å². The number of aliphatic imine (C=N–C) groups is 1. The fraction of sp³-hybridized carbons (Fsp3) is 0.923. The van der Waals surface area contributed by atoms with Gasteiger partial charge in [-0.2, -0.15) is 0 Å². The molecule has 3 atom stereocenters. The van der Waals surface area contributed by atoms with Gasteiger partial charge in [-0.3, -0.25) is 4.99 Å². The lowest BCUT2D eigenvalue weighted by molar-refractivity contribution is 0.343. The Bertz CT molecular complexity index is 280. The van der Waals surface area contributed by atoms with E-state index in [-0.39, 0.29) is 0 Å². The lowest BCUT2D eigenvalue weighted by atomic mass is 10.1. The maximum absolute atomic E-state index is 4.76. The molecule has 2 rings (SSSR count). The normalized spacial score (nSPS) is 37.4. The van der Waals surface area contributed by atoms with E-state index >= 15 is 0 Å². The van der Waals surface area contributed by atoms with Gasteiger partial charge in [-0.25, -0.2) is 0 Å². The SMILES string of the molecule is CCN1CCC(CN=C2NC(C)C(C)CS2)C1. The minimum atomic E-state index is 0.575. The Morgan fingerprint density at radius 1 is 1.47 bits per heavy atom. The summed E-state index contributed by atoms with van der Waals surface area (Å²) in [5.41, 5.74) is 0. The summed E-state index contributed by atoms with van der Waals surface area (Å²) in [6, 6.07) is 0.575. The molecule has 0 spiro atoms. The second-order valence-electron chi connectivity index (χ2n) is 5.42. The molecule has 2 fully saturated rings. The quantitative estimate of drug-likeness (QED) is 0.836. The van der Waals surface area contributed by atoms with Gasteiger partial charge in [0.05, 0.1) is 0 Å². The van der Waals surface area contributed by atoms with Gasteiger partial charge in [-0.15, -0.1) is 0 Å². The Hall–Kier alpha value is -0.220. The van der Waals surface area contributed by atoms with E-state index < -0.39 is 0 Å². The van der Waals surface area contributed by atoms with E-state index in [0.29, 0.717) is 6.04 Å². The van der Waals surface area contributed by atoms with Crippen LogP contribution in [-0.2, 0) is 0 Å². The van der Waals surface area contributed by atoms with Crippen molar-refractivity contribution in [2.45, 2.75) is 33.2 Å². The Labute approximate surface area is 109 Å². The summed E-state index contributed by atoms with van der Waals surface area (Å²) in [5.74, 6) is 2.74. The van der Waals surface area contributed by atoms with Crippen molar-refractivity contribution in [2.24, 2.45) is 16.8 Å². The third kappa shape index (κ3) is 3.62. The first-order valence-electron chi connectivity index (χ1n) is 6.85. The second-order valence-corrected chi connectivity index (χ2v) is 6.42. The van der Waals surface area contributed by atoms with E-state index in [1.165, 1.54) is 37.0 Å². The summed E-state index contributed by atoms with van der Waals surface area (Å²) in [5, 5.41) is 4.69. The van der Waals surface area contributed by atoms with Gasteiger partial charge in [0.2, 0.25) is 0 Å². The van der Waals surface area contributed by atoms with E-state index in [1.807, 2.05) is 11.8 Å². The number of rotatable bonds is 3. The van der Waals surface area contributed by atoms with Crippen LogP contribution < -0.4 is 5.32 Å². The van der Waals surface area contributed by atoms with Crippen molar-refractivity contribution in [3.63, 3.8) is 0 Å². The lowest BCUT2D eigenvalue weighted by Crippen LogP contribution is -2.41. The molecule has 3 unspecified atom stereocenters. The monoisotopic (exact) mass is 255 g/mol. The maximum atomic E-state index is 4.76. The topological polar surface area (TPSA) is 27.6 Å². The number of likely N-dealkylation sites (tertiary alicyclic amines) is 1. The maximum Gasteiger partial charge on any atom is 0.156 e. The zero-order valence-electron chi connectivity index (χ0n) is 11.3. The highest BCUT2D eigenvalue weighted by Gasteiger charge is 2.23. The van der Waals surface area contributed by atoms with Crippen molar-refractivity contribution in [3.8, 4) is 0 Å². The molecule has 0 amide bonds. The molecule has 4 heteroatoms. The summed E-state index contributed by atoms with van der Waals surface area (Å²) < 4.78 is 0. The zero-order chi connectivity index (χ0) is 12.3. The van der Waals surface area contributed by atoms with Crippen LogP contribution in [0.15, 0.2) is 4.99 Å². The van der Waals surface area contributed by atoms with Crippen LogP contribution in [0.1, 0.15) is 27.2 Å². The molecule has 2 aliphatic heterocycles. The summed E-state index contributed by atoms with van der Waals surface area (Å²) in [6.45, 7) is 11.5.